The Morgan fingerprint density at radius 3 is 2.44 bits per heavy atom. The van der Waals surface area contributed by atoms with Crippen LogP contribution in [0.3, 0.4) is 0 Å². The molecule has 0 saturated heterocycles. The Morgan fingerprint density at radius 1 is 1.00 bits per heavy atom. The van der Waals surface area contributed by atoms with Crippen molar-refractivity contribution < 1.29 is 0 Å². The second-order valence-electron chi connectivity index (χ2n) is 4.37. The van der Waals surface area contributed by atoms with Crippen LogP contribution in [-0.4, -0.2) is 9.38 Å². The minimum atomic E-state index is 0.993. The number of benzene rings is 1. The predicted molar refractivity (Wildman–Crippen MR) is 77.8 cm³/mol. The van der Waals surface area contributed by atoms with Crippen LogP contribution in [0.2, 0.25) is 0 Å². The summed E-state index contributed by atoms with van der Waals surface area (Å²) in [6.07, 6.45) is 0. The standard InChI is InChI=1S/C15H13BrN2/c1-10-15(12-6-4-3-5-7-12)18-11(2)13(16)8-9-14(18)17-10/h3-9H,1-2H3. The molecule has 0 spiro atoms. The van der Waals surface area contributed by atoms with Crippen LogP contribution in [-0.2, 0) is 0 Å². The van der Waals surface area contributed by atoms with Gasteiger partial charge in [0.15, 0.2) is 0 Å². The van der Waals surface area contributed by atoms with E-state index in [1.54, 1.807) is 0 Å². The third-order valence-corrected chi connectivity index (χ3v) is 4.02. The molecule has 0 amide bonds. The molecule has 0 aliphatic heterocycles. The van der Waals surface area contributed by atoms with E-state index in [4.69, 9.17) is 0 Å². The fourth-order valence-corrected chi connectivity index (χ4v) is 2.62. The zero-order chi connectivity index (χ0) is 12.7. The van der Waals surface area contributed by atoms with Crippen molar-refractivity contribution in [3.05, 3.63) is 58.3 Å². The maximum absolute atomic E-state index is 4.63. The Hall–Kier alpha value is -1.61. The van der Waals surface area contributed by atoms with Crippen LogP contribution >= 0.6 is 15.9 Å². The van der Waals surface area contributed by atoms with Gasteiger partial charge in [0.05, 0.1) is 11.4 Å². The first kappa shape index (κ1) is 11.5. The summed E-state index contributed by atoms with van der Waals surface area (Å²) in [5.74, 6) is 0. The molecule has 2 heterocycles. The zero-order valence-electron chi connectivity index (χ0n) is 10.3. The minimum Gasteiger partial charge on any atom is -0.296 e. The van der Waals surface area contributed by atoms with Gasteiger partial charge in [0, 0.05) is 15.7 Å². The first-order valence-corrected chi connectivity index (χ1v) is 6.67. The highest BCUT2D eigenvalue weighted by Gasteiger charge is 2.13. The average molecular weight is 301 g/mol. The second-order valence-corrected chi connectivity index (χ2v) is 5.23. The molecule has 1 aromatic carbocycles. The highest BCUT2D eigenvalue weighted by atomic mass is 79.9. The maximum Gasteiger partial charge on any atom is 0.137 e. The summed E-state index contributed by atoms with van der Waals surface area (Å²) in [6, 6.07) is 14.5. The molecule has 2 nitrogen and oxygen atoms in total. The van der Waals surface area contributed by atoms with Gasteiger partial charge in [-0.3, -0.25) is 4.40 Å². The van der Waals surface area contributed by atoms with Crippen molar-refractivity contribution in [1.29, 1.82) is 0 Å². The van der Waals surface area contributed by atoms with Crippen LogP contribution in [0.25, 0.3) is 16.9 Å². The van der Waals surface area contributed by atoms with E-state index in [0.717, 1.165) is 15.8 Å². The van der Waals surface area contributed by atoms with Gasteiger partial charge < -0.3 is 0 Å². The number of hydrogen-bond donors (Lipinski definition) is 0. The van der Waals surface area contributed by atoms with E-state index in [-0.39, 0.29) is 0 Å². The van der Waals surface area contributed by atoms with Gasteiger partial charge in [-0.2, -0.15) is 0 Å². The van der Waals surface area contributed by atoms with Gasteiger partial charge in [0.1, 0.15) is 5.65 Å². The van der Waals surface area contributed by atoms with Crippen molar-refractivity contribution in [2.24, 2.45) is 0 Å². The topological polar surface area (TPSA) is 17.3 Å². The highest BCUT2D eigenvalue weighted by molar-refractivity contribution is 9.10. The lowest BCUT2D eigenvalue weighted by atomic mass is 10.1. The van der Waals surface area contributed by atoms with Crippen LogP contribution < -0.4 is 0 Å². The van der Waals surface area contributed by atoms with Gasteiger partial charge in [0.2, 0.25) is 0 Å². The smallest absolute Gasteiger partial charge is 0.137 e. The van der Waals surface area contributed by atoms with Gasteiger partial charge in [0.25, 0.3) is 0 Å². The molecule has 0 N–H and O–H groups in total. The first-order chi connectivity index (χ1) is 8.68. The Labute approximate surface area is 114 Å². The number of imidazole rings is 1. The zero-order valence-corrected chi connectivity index (χ0v) is 11.9. The van der Waals surface area contributed by atoms with E-state index in [1.807, 2.05) is 18.2 Å². The highest BCUT2D eigenvalue weighted by Crippen LogP contribution is 2.28. The summed E-state index contributed by atoms with van der Waals surface area (Å²) in [6.45, 7) is 4.16. The fraction of sp³-hybridized carbons (Fsp3) is 0.133. The number of aromatic nitrogens is 2. The lowest BCUT2D eigenvalue weighted by Crippen LogP contribution is -1.95. The molecule has 0 bridgehead atoms. The predicted octanol–water partition coefficient (Wildman–Crippen LogP) is 4.38. The van der Waals surface area contributed by atoms with Crippen molar-refractivity contribution in [3.63, 3.8) is 0 Å². The van der Waals surface area contributed by atoms with E-state index >= 15 is 0 Å². The van der Waals surface area contributed by atoms with Gasteiger partial charge in [-0.15, -0.1) is 0 Å². The van der Waals surface area contributed by atoms with Crippen molar-refractivity contribution in [2.45, 2.75) is 13.8 Å². The van der Waals surface area contributed by atoms with Crippen LogP contribution in [0.15, 0.2) is 46.9 Å². The van der Waals surface area contributed by atoms with Gasteiger partial charge in [-0.1, -0.05) is 30.3 Å². The molecule has 3 heteroatoms. The molecule has 3 aromatic rings. The number of nitrogens with zero attached hydrogens (tertiary/aromatic N) is 2. The molecular formula is C15H13BrN2. The third-order valence-electron chi connectivity index (χ3n) is 3.18. The fourth-order valence-electron chi connectivity index (χ4n) is 2.31. The summed E-state index contributed by atoms with van der Waals surface area (Å²) in [5, 5.41) is 0. The van der Waals surface area contributed by atoms with Crippen LogP contribution in [0.1, 0.15) is 11.4 Å². The summed E-state index contributed by atoms with van der Waals surface area (Å²) < 4.78 is 3.30. The van der Waals surface area contributed by atoms with Gasteiger partial charge in [-0.25, -0.2) is 4.98 Å². The number of rotatable bonds is 1. The van der Waals surface area contributed by atoms with Gasteiger partial charge in [-0.05, 0) is 41.9 Å². The third kappa shape index (κ3) is 1.66. The maximum atomic E-state index is 4.63. The SMILES string of the molecule is Cc1nc2ccc(Br)c(C)n2c1-c1ccccc1. The first-order valence-electron chi connectivity index (χ1n) is 5.88. The van der Waals surface area contributed by atoms with Crippen molar-refractivity contribution in [3.8, 4) is 11.3 Å². The molecule has 3 rings (SSSR count). The monoisotopic (exact) mass is 300 g/mol. The summed E-state index contributed by atoms with van der Waals surface area (Å²) >= 11 is 3.58. The van der Waals surface area contributed by atoms with Gasteiger partial charge >= 0.3 is 0 Å². The molecule has 0 atom stereocenters. The number of halogens is 1. The molecule has 2 aromatic heterocycles. The van der Waals surface area contributed by atoms with Crippen molar-refractivity contribution in [1.82, 2.24) is 9.38 Å². The molecule has 0 fully saturated rings. The number of hydrogen-bond acceptors (Lipinski definition) is 1. The number of fused-ring (bicyclic) bond motifs is 1. The second kappa shape index (κ2) is 4.25. The normalized spacial score (nSPS) is 11.1. The minimum absolute atomic E-state index is 0.993. The van der Waals surface area contributed by atoms with Crippen LogP contribution in [0, 0.1) is 13.8 Å². The lowest BCUT2D eigenvalue weighted by molar-refractivity contribution is 1.08. The largest absolute Gasteiger partial charge is 0.296 e. The number of aryl methyl sites for hydroxylation is 2. The lowest BCUT2D eigenvalue weighted by Gasteiger charge is -2.08. The summed E-state index contributed by atoms with van der Waals surface area (Å²) in [7, 11) is 0. The van der Waals surface area contributed by atoms with E-state index in [9.17, 15) is 0 Å². The Kier molecular flexibility index (Phi) is 2.71. The number of pyridine rings is 1. The Bertz CT molecular complexity index is 714. The van der Waals surface area contributed by atoms with Crippen LogP contribution in [0.5, 0.6) is 0 Å². The average Bonchev–Trinajstić information content (AvgIpc) is 2.72. The summed E-state index contributed by atoms with van der Waals surface area (Å²) in [5.41, 5.74) is 5.59. The molecule has 0 aliphatic carbocycles. The molecule has 0 aliphatic rings. The van der Waals surface area contributed by atoms with E-state index in [1.165, 1.54) is 17.0 Å². The molecule has 18 heavy (non-hydrogen) atoms. The van der Waals surface area contributed by atoms with E-state index in [0.29, 0.717) is 0 Å². The molecule has 0 radical (unpaired) electrons. The van der Waals surface area contributed by atoms with Crippen molar-refractivity contribution in [2.75, 3.05) is 0 Å². The Balaban J connectivity index is 2.42. The van der Waals surface area contributed by atoms with Crippen molar-refractivity contribution >= 4 is 21.6 Å². The summed E-state index contributed by atoms with van der Waals surface area (Å²) in [4.78, 5) is 4.63. The van der Waals surface area contributed by atoms with Crippen LogP contribution in [0.4, 0.5) is 0 Å². The molecule has 0 unspecified atom stereocenters. The quantitative estimate of drug-likeness (QED) is 0.652. The van der Waals surface area contributed by atoms with E-state index < -0.39 is 0 Å². The molecular weight excluding hydrogens is 288 g/mol. The molecule has 0 saturated carbocycles. The molecule has 90 valence electrons. The van der Waals surface area contributed by atoms with E-state index in [2.05, 4.69) is 63.4 Å². The Morgan fingerprint density at radius 2 is 1.72 bits per heavy atom.